The number of rotatable bonds is 7. The second-order valence-corrected chi connectivity index (χ2v) is 4.66. The summed E-state index contributed by atoms with van der Waals surface area (Å²) in [4.78, 5) is 1.34. The van der Waals surface area contributed by atoms with Crippen LogP contribution >= 0.6 is 11.5 Å². The fourth-order valence-corrected chi connectivity index (χ4v) is 2.24. The predicted octanol–water partition coefficient (Wildman–Crippen LogP) is 2.74. The van der Waals surface area contributed by atoms with Crippen LogP contribution in [0, 0.1) is 0 Å². The fourth-order valence-electron chi connectivity index (χ4n) is 1.60. The van der Waals surface area contributed by atoms with E-state index in [-0.39, 0.29) is 6.54 Å². The van der Waals surface area contributed by atoms with Crippen LogP contribution in [0.5, 0.6) is 0 Å². The fraction of sp³-hybridized carbons (Fsp3) is 0.800. The molecule has 0 aliphatic heterocycles. The van der Waals surface area contributed by atoms with Gasteiger partial charge >= 0.3 is 6.18 Å². The zero-order valence-electron chi connectivity index (χ0n) is 10.4. The molecule has 0 aromatic carbocycles. The van der Waals surface area contributed by atoms with Gasteiger partial charge in [-0.15, -0.1) is 5.10 Å². The second-order valence-electron chi connectivity index (χ2n) is 3.90. The summed E-state index contributed by atoms with van der Waals surface area (Å²) < 4.78 is 41.0. The molecule has 8 heteroatoms. The quantitative estimate of drug-likeness (QED) is 0.835. The molecule has 1 rings (SSSR count). The number of hydrogen-bond acceptors (Lipinski definition) is 5. The van der Waals surface area contributed by atoms with Gasteiger partial charge in [-0.1, -0.05) is 11.4 Å². The van der Waals surface area contributed by atoms with Crippen LogP contribution in [-0.2, 0) is 6.54 Å². The third-order valence-corrected chi connectivity index (χ3v) is 2.94. The molecule has 0 unspecified atom stereocenters. The summed E-state index contributed by atoms with van der Waals surface area (Å²) >= 11 is 1.17. The molecule has 1 N–H and O–H groups in total. The van der Waals surface area contributed by atoms with E-state index in [0.29, 0.717) is 25.2 Å². The first-order valence-electron chi connectivity index (χ1n) is 5.80. The van der Waals surface area contributed by atoms with E-state index in [9.17, 15) is 13.2 Å². The van der Waals surface area contributed by atoms with Gasteiger partial charge in [-0.2, -0.15) is 13.2 Å². The zero-order chi connectivity index (χ0) is 13.6. The van der Waals surface area contributed by atoms with Gasteiger partial charge in [-0.05, 0) is 19.9 Å². The Morgan fingerprint density at radius 1 is 1.33 bits per heavy atom. The molecular weight excluding hydrogens is 265 g/mol. The van der Waals surface area contributed by atoms with Crippen LogP contribution in [0.25, 0.3) is 0 Å². The van der Waals surface area contributed by atoms with Gasteiger partial charge in [0.1, 0.15) is 10.7 Å². The number of nitrogens with one attached hydrogen (secondary N) is 1. The van der Waals surface area contributed by atoms with Crippen LogP contribution in [0.4, 0.5) is 18.2 Å². The molecule has 0 bridgehead atoms. The van der Waals surface area contributed by atoms with E-state index < -0.39 is 12.7 Å². The highest BCUT2D eigenvalue weighted by Gasteiger charge is 2.31. The first kappa shape index (κ1) is 15.2. The SMILES string of the molecule is CCCN(Cc1nnsc1NCC)CC(F)(F)F. The van der Waals surface area contributed by atoms with Crippen LogP contribution in [0.3, 0.4) is 0 Å². The van der Waals surface area contributed by atoms with Gasteiger partial charge in [0, 0.05) is 24.6 Å². The third-order valence-electron chi connectivity index (χ3n) is 2.21. The summed E-state index contributed by atoms with van der Waals surface area (Å²) in [5.41, 5.74) is 0.583. The van der Waals surface area contributed by atoms with Crippen molar-refractivity contribution in [1.29, 1.82) is 0 Å². The number of anilines is 1. The molecule has 1 heterocycles. The molecule has 0 saturated heterocycles. The molecule has 0 radical (unpaired) electrons. The summed E-state index contributed by atoms with van der Waals surface area (Å²) in [7, 11) is 0. The molecule has 4 nitrogen and oxygen atoms in total. The Morgan fingerprint density at radius 3 is 2.61 bits per heavy atom. The molecule has 0 atom stereocenters. The Bertz CT molecular complexity index is 353. The summed E-state index contributed by atoms with van der Waals surface area (Å²) in [6.07, 6.45) is -3.51. The lowest BCUT2D eigenvalue weighted by atomic mass is 10.3. The molecule has 18 heavy (non-hydrogen) atoms. The van der Waals surface area contributed by atoms with Crippen molar-refractivity contribution < 1.29 is 13.2 Å². The first-order valence-corrected chi connectivity index (χ1v) is 6.57. The van der Waals surface area contributed by atoms with Crippen LogP contribution in [0.15, 0.2) is 0 Å². The Kier molecular flexibility index (Phi) is 5.80. The number of aromatic nitrogens is 2. The minimum atomic E-state index is -4.18. The van der Waals surface area contributed by atoms with Crippen molar-refractivity contribution in [2.45, 2.75) is 33.0 Å². The van der Waals surface area contributed by atoms with Crippen LogP contribution in [0.2, 0.25) is 0 Å². The van der Waals surface area contributed by atoms with Gasteiger partial charge in [0.2, 0.25) is 0 Å². The summed E-state index contributed by atoms with van der Waals surface area (Å²) in [6, 6.07) is 0. The van der Waals surface area contributed by atoms with Gasteiger partial charge in [-0.3, -0.25) is 4.90 Å². The second kappa shape index (κ2) is 6.89. The van der Waals surface area contributed by atoms with E-state index in [1.54, 1.807) is 0 Å². The van der Waals surface area contributed by atoms with E-state index >= 15 is 0 Å². The molecule has 1 aromatic heterocycles. The monoisotopic (exact) mass is 282 g/mol. The van der Waals surface area contributed by atoms with Gasteiger partial charge in [0.05, 0.1) is 6.54 Å². The predicted molar refractivity (Wildman–Crippen MR) is 65.7 cm³/mol. The maximum atomic E-state index is 12.4. The highest BCUT2D eigenvalue weighted by atomic mass is 32.1. The van der Waals surface area contributed by atoms with Gasteiger partial charge in [-0.25, -0.2) is 0 Å². The van der Waals surface area contributed by atoms with Gasteiger partial charge in [0.25, 0.3) is 0 Å². The lowest BCUT2D eigenvalue weighted by molar-refractivity contribution is -0.147. The van der Waals surface area contributed by atoms with Crippen molar-refractivity contribution in [2.24, 2.45) is 0 Å². The highest BCUT2D eigenvalue weighted by molar-refractivity contribution is 7.10. The molecule has 0 aliphatic carbocycles. The summed E-state index contributed by atoms with van der Waals surface area (Å²) in [5, 5.41) is 7.69. The van der Waals surface area contributed by atoms with Crippen molar-refractivity contribution >= 4 is 16.5 Å². The average molecular weight is 282 g/mol. The normalized spacial score (nSPS) is 12.1. The number of alkyl halides is 3. The third kappa shape index (κ3) is 5.18. The van der Waals surface area contributed by atoms with E-state index in [0.717, 1.165) is 5.00 Å². The van der Waals surface area contributed by atoms with E-state index in [4.69, 9.17) is 0 Å². The zero-order valence-corrected chi connectivity index (χ0v) is 11.2. The van der Waals surface area contributed by atoms with Crippen molar-refractivity contribution in [2.75, 3.05) is 25.0 Å². The van der Waals surface area contributed by atoms with Crippen molar-refractivity contribution in [1.82, 2.24) is 14.5 Å². The molecule has 1 aromatic rings. The van der Waals surface area contributed by atoms with E-state index in [1.165, 1.54) is 16.4 Å². The summed E-state index contributed by atoms with van der Waals surface area (Å²) in [5.74, 6) is 0. The van der Waals surface area contributed by atoms with Crippen LogP contribution in [-0.4, -0.2) is 40.3 Å². The van der Waals surface area contributed by atoms with Gasteiger partial charge < -0.3 is 5.32 Å². The van der Waals surface area contributed by atoms with Crippen molar-refractivity contribution in [3.63, 3.8) is 0 Å². The standard InChI is InChI=1S/C10H17F3N4S/c1-3-5-17(7-10(11,12)13)6-8-9(14-4-2)18-16-15-8/h14H,3-7H2,1-2H3. The Balaban J connectivity index is 2.67. The van der Waals surface area contributed by atoms with Gasteiger partial charge in [0.15, 0.2) is 0 Å². The van der Waals surface area contributed by atoms with E-state index in [2.05, 4.69) is 14.9 Å². The van der Waals surface area contributed by atoms with E-state index in [1.807, 2.05) is 13.8 Å². The summed E-state index contributed by atoms with van der Waals surface area (Å²) in [6.45, 7) is 4.12. The lowest BCUT2D eigenvalue weighted by Crippen LogP contribution is -2.34. The van der Waals surface area contributed by atoms with Crippen LogP contribution in [0.1, 0.15) is 26.0 Å². The lowest BCUT2D eigenvalue weighted by Gasteiger charge is -2.22. The molecule has 0 fully saturated rings. The smallest absolute Gasteiger partial charge is 0.374 e. The molecule has 104 valence electrons. The van der Waals surface area contributed by atoms with Crippen molar-refractivity contribution in [3.8, 4) is 0 Å². The Hall–Kier alpha value is -0.890. The highest BCUT2D eigenvalue weighted by Crippen LogP contribution is 2.22. The molecule has 0 amide bonds. The molecule has 0 spiro atoms. The number of halogens is 3. The Morgan fingerprint density at radius 2 is 2.06 bits per heavy atom. The topological polar surface area (TPSA) is 41.1 Å². The maximum Gasteiger partial charge on any atom is 0.401 e. The van der Waals surface area contributed by atoms with Crippen molar-refractivity contribution in [3.05, 3.63) is 5.69 Å². The molecular formula is C10H17F3N4S. The number of hydrogen-bond donors (Lipinski definition) is 1. The minimum Gasteiger partial charge on any atom is -0.374 e. The molecule has 0 aliphatic rings. The van der Waals surface area contributed by atoms with Crippen LogP contribution < -0.4 is 5.32 Å². The largest absolute Gasteiger partial charge is 0.401 e. The average Bonchev–Trinajstić information content (AvgIpc) is 2.64. The molecule has 0 saturated carbocycles. The maximum absolute atomic E-state index is 12.4. The number of nitrogens with zero attached hydrogens (tertiary/aromatic N) is 3. The Labute approximate surface area is 108 Å². The first-order chi connectivity index (χ1) is 8.46. The minimum absolute atomic E-state index is 0.173.